The van der Waals surface area contributed by atoms with Crippen LogP contribution in [-0.4, -0.2) is 61.1 Å². The molecule has 0 aromatic carbocycles. The standard InChI is InChI=1S/C19H30N2O3/c1-14(2)21-13-19(11-16(21)12-23-4)7-9-20(10-8-19)18(22)17-6-5-15(3)24-17/h5-6,14,16H,7-13H2,1-4H3. The molecule has 0 saturated carbocycles. The number of hydrogen-bond acceptors (Lipinski definition) is 4. The fourth-order valence-electron chi connectivity index (χ4n) is 4.40. The first-order valence-electron chi connectivity index (χ1n) is 9.04. The Bertz CT molecular complexity index is 573. The third kappa shape index (κ3) is 3.38. The molecule has 3 heterocycles. The van der Waals surface area contributed by atoms with Gasteiger partial charge in [0, 0.05) is 38.8 Å². The van der Waals surface area contributed by atoms with Crippen molar-refractivity contribution < 1.29 is 13.9 Å². The van der Waals surface area contributed by atoms with Gasteiger partial charge in [-0.25, -0.2) is 0 Å². The lowest BCUT2D eigenvalue weighted by molar-refractivity contribution is 0.0551. The number of likely N-dealkylation sites (tertiary alicyclic amines) is 2. The van der Waals surface area contributed by atoms with Gasteiger partial charge in [0.15, 0.2) is 5.76 Å². The van der Waals surface area contributed by atoms with Crippen molar-refractivity contribution in [1.82, 2.24) is 9.80 Å². The van der Waals surface area contributed by atoms with Crippen LogP contribution in [0.2, 0.25) is 0 Å². The molecule has 1 amide bonds. The lowest BCUT2D eigenvalue weighted by Crippen LogP contribution is -2.44. The summed E-state index contributed by atoms with van der Waals surface area (Å²) in [6, 6.07) is 4.68. The van der Waals surface area contributed by atoms with Crippen molar-refractivity contribution in [2.75, 3.05) is 33.4 Å². The van der Waals surface area contributed by atoms with E-state index in [-0.39, 0.29) is 5.91 Å². The van der Waals surface area contributed by atoms with E-state index in [1.165, 1.54) is 6.42 Å². The Kier molecular flexibility index (Phi) is 5.02. The topological polar surface area (TPSA) is 45.9 Å². The number of carbonyl (C=O) groups is 1. The lowest BCUT2D eigenvalue weighted by atomic mass is 9.76. The Hall–Kier alpha value is -1.33. The van der Waals surface area contributed by atoms with Gasteiger partial charge in [0.2, 0.25) is 0 Å². The number of methoxy groups -OCH3 is 1. The zero-order valence-electron chi connectivity index (χ0n) is 15.4. The van der Waals surface area contributed by atoms with Gasteiger partial charge in [-0.15, -0.1) is 0 Å². The largest absolute Gasteiger partial charge is 0.456 e. The lowest BCUT2D eigenvalue weighted by Gasteiger charge is -2.39. The van der Waals surface area contributed by atoms with Crippen LogP contribution in [0.3, 0.4) is 0 Å². The molecule has 5 heteroatoms. The van der Waals surface area contributed by atoms with Gasteiger partial charge in [-0.3, -0.25) is 9.69 Å². The summed E-state index contributed by atoms with van der Waals surface area (Å²) < 4.78 is 10.9. The van der Waals surface area contributed by atoms with Crippen LogP contribution < -0.4 is 0 Å². The summed E-state index contributed by atoms with van der Waals surface area (Å²) in [5.41, 5.74) is 0.337. The fraction of sp³-hybridized carbons (Fsp3) is 0.737. The summed E-state index contributed by atoms with van der Waals surface area (Å²) in [6.45, 7) is 9.97. The predicted molar refractivity (Wildman–Crippen MR) is 93.1 cm³/mol. The molecule has 134 valence electrons. The molecule has 5 nitrogen and oxygen atoms in total. The Morgan fingerprint density at radius 1 is 1.38 bits per heavy atom. The van der Waals surface area contributed by atoms with Gasteiger partial charge in [-0.2, -0.15) is 0 Å². The Labute approximate surface area is 144 Å². The second kappa shape index (κ2) is 6.89. The molecule has 0 aliphatic carbocycles. The van der Waals surface area contributed by atoms with Crippen LogP contribution in [0.4, 0.5) is 0 Å². The van der Waals surface area contributed by atoms with E-state index >= 15 is 0 Å². The van der Waals surface area contributed by atoms with E-state index < -0.39 is 0 Å². The molecule has 3 rings (SSSR count). The molecule has 2 saturated heterocycles. The number of carbonyl (C=O) groups excluding carboxylic acids is 1. The molecular formula is C19H30N2O3. The maximum Gasteiger partial charge on any atom is 0.289 e. The Morgan fingerprint density at radius 2 is 2.08 bits per heavy atom. The molecule has 0 N–H and O–H groups in total. The molecule has 24 heavy (non-hydrogen) atoms. The average Bonchev–Trinajstić information content (AvgIpc) is 3.13. The smallest absolute Gasteiger partial charge is 0.289 e. The van der Waals surface area contributed by atoms with Gasteiger partial charge >= 0.3 is 0 Å². The normalized spacial score (nSPS) is 24.2. The molecule has 1 spiro atoms. The number of rotatable bonds is 4. The van der Waals surface area contributed by atoms with E-state index in [9.17, 15) is 4.79 Å². The molecule has 0 radical (unpaired) electrons. The van der Waals surface area contributed by atoms with Crippen LogP contribution in [0.5, 0.6) is 0 Å². The molecule has 2 aliphatic rings. The zero-order valence-corrected chi connectivity index (χ0v) is 15.4. The van der Waals surface area contributed by atoms with E-state index in [2.05, 4.69) is 18.7 Å². The highest BCUT2D eigenvalue weighted by molar-refractivity contribution is 5.91. The molecule has 0 bridgehead atoms. The minimum absolute atomic E-state index is 0.0325. The Balaban J connectivity index is 1.63. The first-order chi connectivity index (χ1) is 11.4. The Morgan fingerprint density at radius 3 is 2.62 bits per heavy atom. The van der Waals surface area contributed by atoms with Gasteiger partial charge in [0.05, 0.1) is 6.61 Å². The average molecular weight is 334 g/mol. The van der Waals surface area contributed by atoms with Crippen LogP contribution in [0, 0.1) is 12.3 Å². The number of aryl methyl sites for hydroxylation is 1. The summed E-state index contributed by atoms with van der Waals surface area (Å²) in [4.78, 5) is 17.1. The van der Waals surface area contributed by atoms with Crippen LogP contribution in [0.25, 0.3) is 0 Å². The SMILES string of the molecule is COCC1CC2(CCN(C(=O)c3ccc(C)o3)CC2)CN1C(C)C. The monoisotopic (exact) mass is 334 g/mol. The first kappa shape index (κ1) is 17.5. The van der Waals surface area contributed by atoms with Crippen molar-refractivity contribution in [2.45, 2.75) is 52.1 Å². The van der Waals surface area contributed by atoms with Crippen LogP contribution in [0.15, 0.2) is 16.5 Å². The molecule has 1 aromatic heterocycles. The maximum atomic E-state index is 12.6. The highest BCUT2D eigenvalue weighted by atomic mass is 16.5. The number of piperidine rings is 1. The number of ether oxygens (including phenoxy) is 1. The van der Waals surface area contributed by atoms with Gasteiger partial charge < -0.3 is 14.1 Å². The van der Waals surface area contributed by atoms with E-state index in [1.54, 1.807) is 13.2 Å². The molecule has 1 unspecified atom stereocenters. The van der Waals surface area contributed by atoms with Gasteiger partial charge in [-0.1, -0.05) is 0 Å². The zero-order chi connectivity index (χ0) is 17.3. The van der Waals surface area contributed by atoms with Gasteiger partial charge in [0.25, 0.3) is 5.91 Å². The highest BCUT2D eigenvalue weighted by Gasteiger charge is 2.46. The van der Waals surface area contributed by atoms with E-state index in [1.807, 2.05) is 17.9 Å². The van der Waals surface area contributed by atoms with Crippen molar-refractivity contribution in [3.63, 3.8) is 0 Å². The summed E-state index contributed by atoms with van der Waals surface area (Å²) in [5.74, 6) is 1.29. The minimum Gasteiger partial charge on any atom is -0.456 e. The third-order valence-corrected chi connectivity index (χ3v) is 5.74. The molecule has 1 aromatic rings. The van der Waals surface area contributed by atoms with E-state index in [0.717, 1.165) is 44.8 Å². The van der Waals surface area contributed by atoms with Crippen molar-refractivity contribution in [1.29, 1.82) is 0 Å². The quantitative estimate of drug-likeness (QED) is 0.849. The maximum absolute atomic E-state index is 12.6. The van der Waals surface area contributed by atoms with Crippen molar-refractivity contribution in [3.8, 4) is 0 Å². The van der Waals surface area contributed by atoms with Crippen molar-refractivity contribution in [3.05, 3.63) is 23.7 Å². The van der Waals surface area contributed by atoms with Gasteiger partial charge in [-0.05, 0) is 57.6 Å². The summed E-state index contributed by atoms with van der Waals surface area (Å²) in [7, 11) is 1.79. The molecular weight excluding hydrogens is 304 g/mol. The highest BCUT2D eigenvalue weighted by Crippen LogP contribution is 2.44. The number of amides is 1. The summed E-state index contributed by atoms with van der Waals surface area (Å²) in [5, 5.41) is 0. The summed E-state index contributed by atoms with van der Waals surface area (Å²) >= 11 is 0. The van der Waals surface area contributed by atoms with Gasteiger partial charge in [0.1, 0.15) is 5.76 Å². The van der Waals surface area contributed by atoms with Crippen molar-refractivity contribution in [2.24, 2.45) is 5.41 Å². The van der Waals surface area contributed by atoms with E-state index in [0.29, 0.717) is 23.3 Å². The van der Waals surface area contributed by atoms with Crippen LogP contribution in [-0.2, 0) is 4.74 Å². The second-order valence-corrected chi connectivity index (χ2v) is 7.78. The fourth-order valence-corrected chi connectivity index (χ4v) is 4.40. The number of nitrogens with zero attached hydrogens (tertiary/aromatic N) is 2. The predicted octanol–water partition coefficient (Wildman–Crippen LogP) is 2.94. The second-order valence-electron chi connectivity index (χ2n) is 7.78. The van der Waals surface area contributed by atoms with E-state index in [4.69, 9.17) is 9.15 Å². The van der Waals surface area contributed by atoms with Crippen LogP contribution in [0.1, 0.15) is 49.4 Å². The molecule has 2 aliphatic heterocycles. The van der Waals surface area contributed by atoms with Crippen LogP contribution >= 0.6 is 0 Å². The number of hydrogen-bond donors (Lipinski definition) is 0. The molecule has 1 atom stereocenters. The van der Waals surface area contributed by atoms with Crippen molar-refractivity contribution >= 4 is 5.91 Å². The third-order valence-electron chi connectivity index (χ3n) is 5.74. The number of furan rings is 1. The summed E-state index contributed by atoms with van der Waals surface area (Å²) in [6.07, 6.45) is 3.32. The first-order valence-corrected chi connectivity index (χ1v) is 9.04. The molecule has 2 fully saturated rings. The minimum atomic E-state index is 0.0325.